The number of nitrogens with one attached hydrogen (secondary N) is 2. The van der Waals surface area contributed by atoms with Crippen LogP contribution in [-0.4, -0.2) is 12.1 Å². The summed E-state index contributed by atoms with van der Waals surface area (Å²) in [5, 5.41) is 5.62. The van der Waals surface area contributed by atoms with Gasteiger partial charge in [-0.2, -0.15) is 0 Å². The second-order valence-corrected chi connectivity index (χ2v) is 4.00. The molecule has 0 aromatic heterocycles. The minimum atomic E-state index is -0.154. The molecule has 0 aliphatic heterocycles. The molecule has 0 heterocycles. The highest BCUT2D eigenvalue weighted by molar-refractivity contribution is 5.90. The van der Waals surface area contributed by atoms with Crippen molar-refractivity contribution in [3.05, 3.63) is 29.3 Å². The molecule has 0 atom stereocenters. The average molecular weight is 206 g/mol. The van der Waals surface area contributed by atoms with Gasteiger partial charge in [-0.25, -0.2) is 4.79 Å². The van der Waals surface area contributed by atoms with Crippen LogP contribution in [0.25, 0.3) is 0 Å². The molecule has 82 valence electrons. The summed E-state index contributed by atoms with van der Waals surface area (Å²) in [6.07, 6.45) is 0. The van der Waals surface area contributed by atoms with Crippen LogP contribution in [-0.2, 0) is 0 Å². The third-order valence-corrected chi connectivity index (χ3v) is 2.27. The smallest absolute Gasteiger partial charge is 0.319 e. The molecule has 0 aliphatic carbocycles. The zero-order valence-electron chi connectivity index (χ0n) is 9.72. The maximum absolute atomic E-state index is 11.5. The summed E-state index contributed by atoms with van der Waals surface area (Å²) in [5.41, 5.74) is 3.15. The van der Waals surface area contributed by atoms with Crippen molar-refractivity contribution in [1.82, 2.24) is 5.32 Å². The van der Waals surface area contributed by atoms with Crippen LogP contribution in [0.3, 0.4) is 0 Å². The molecule has 0 aliphatic rings. The molecule has 0 radical (unpaired) electrons. The first kappa shape index (κ1) is 11.6. The normalized spacial score (nSPS) is 10.2. The number of hydrogen-bond acceptors (Lipinski definition) is 1. The summed E-state index contributed by atoms with van der Waals surface area (Å²) < 4.78 is 0. The van der Waals surface area contributed by atoms with E-state index in [-0.39, 0.29) is 12.1 Å². The highest BCUT2D eigenvalue weighted by Gasteiger charge is 2.05. The minimum Gasteiger partial charge on any atom is -0.336 e. The molecule has 1 aromatic carbocycles. The lowest BCUT2D eigenvalue weighted by Crippen LogP contribution is -2.34. The van der Waals surface area contributed by atoms with Gasteiger partial charge in [0.15, 0.2) is 0 Å². The van der Waals surface area contributed by atoms with Gasteiger partial charge in [-0.3, -0.25) is 0 Å². The maximum Gasteiger partial charge on any atom is 0.319 e. The van der Waals surface area contributed by atoms with Crippen molar-refractivity contribution in [1.29, 1.82) is 0 Å². The summed E-state index contributed by atoms with van der Waals surface area (Å²) in [6, 6.07) is 5.87. The van der Waals surface area contributed by atoms with Crippen molar-refractivity contribution in [2.24, 2.45) is 0 Å². The van der Waals surface area contributed by atoms with Gasteiger partial charge in [0.05, 0.1) is 0 Å². The number of amides is 2. The van der Waals surface area contributed by atoms with Gasteiger partial charge in [-0.1, -0.05) is 12.1 Å². The van der Waals surface area contributed by atoms with Crippen molar-refractivity contribution in [3.63, 3.8) is 0 Å². The summed E-state index contributed by atoms with van der Waals surface area (Å²) in [4.78, 5) is 11.5. The lowest BCUT2D eigenvalue weighted by atomic mass is 10.1. The lowest BCUT2D eigenvalue weighted by molar-refractivity contribution is 0.250. The molecule has 0 saturated heterocycles. The zero-order valence-corrected chi connectivity index (χ0v) is 9.72. The Kier molecular flexibility index (Phi) is 3.72. The van der Waals surface area contributed by atoms with E-state index in [1.807, 2.05) is 45.9 Å². The molecule has 0 fully saturated rings. The number of anilines is 1. The third kappa shape index (κ3) is 3.27. The van der Waals surface area contributed by atoms with Crippen LogP contribution in [0.15, 0.2) is 18.2 Å². The molecule has 0 bridgehead atoms. The van der Waals surface area contributed by atoms with Crippen LogP contribution < -0.4 is 10.6 Å². The van der Waals surface area contributed by atoms with Gasteiger partial charge in [0, 0.05) is 11.7 Å². The van der Waals surface area contributed by atoms with Crippen molar-refractivity contribution >= 4 is 11.7 Å². The van der Waals surface area contributed by atoms with Crippen LogP contribution >= 0.6 is 0 Å². The molecule has 1 rings (SSSR count). The van der Waals surface area contributed by atoms with Crippen LogP contribution in [0, 0.1) is 13.8 Å². The van der Waals surface area contributed by atoms with Crippen molar-refractivity contribution in [3.8, 4) is 0 Å². The number of rotatable bonds is 2. The number of hydrogen-bond donors (Lipinski definition) is 2. The van der Waals surface area contributed by atoms with E-state index in [0.717, 1.165) is 11.3 Å². The zero-order chi connectivity index (χ0) is 11.4. The molecule has 2 N–H and O–H groups in total. The Morgan fingerprint density at radius 3 is 2.53 bits per heavy atom. The quantitative estimate of drug-likeness (QED) is 0.767. The van der Waals surface area contributed by atoms with Gasteiger partial charge in [-0.15, -0.1) is 0 Å². The summed E-state index contributed by atoms with van der Waals surface area (Å²) in [5.74, 6) is 0. The first-order valence-electron chi connectivity index (χ1n) is 5.14. The topological polar surface area (TPSA) is 41.1 Å². The monoisotopic (exact) mass is 206 g/mol. The maximum atomic E-state index is 11.5. The van der Waals surface area contributed by atoms with Gasteiger partial charge >= 0.3 is 6.03 Å². The number of urea groups is 1. The Morgan fingerprint density at radius 2 is 1.93 bits per heavy atom. The predicted molar refractivity (Wildman–Crippen MR) is 63.2 cm³/mol. The van der Waals surface area contributed by atoms with E-state index >= 15 is 0 Å². The van der Waals surface area contributed by atoms with Crippen LogP contribution in [0.4, 0.5) is 10.5 Å². The lowest BCUT2D eigenvalue weighted by Gasteiger charge is -2.12. The summed E-state index contributed by atoms with van der Waals surface area (Å²) >= 11 is 0. The fraction of sp³-hybridized carbons (Fsp3) is 0.417. The fourth-order valence-corrected chi connectivity index (χ4v) is 1.31. The SMILES string of the molecule is Cc1cccc(NC(=O)NC(C)C)c1C. The fourth-order valence-electron chi connectivity index (χ4n) is 1.31. The largest absolute Gasteiger partial charge is 0.336 e. The van der Waals surface area contributed by atoms with Crippen LogP contribution in [0.2, 0.25) is 0 Å². The van der Waals surface area contributed by atoms with E-state index in [1.165, 1.54) is 5.56 Å². The van der Waals surface area contributed by atoms with Gasteiger partial charge in [0.1, 0.15) is 0 Å². The molecule has 0 saturated carbocycles. The summed E-state index contributed by atoms with van der Waals surface area (Å²) in [7, 11) is 0. The Bertz CT molecular complexity index is 359. The van der Waals surface area contributed by atoms with E-state index in [2.05, 4.69) is 10.6 Å². The Balaban J connectivity index is 2.73. The van der Waals surface area contributed by atoms with E-state index < -0.39 is 0 Å². The number of benzene rings is 1. The van der Waals surface area contributed by atoms with Crippen molar-refractivity contribution < 1.29 is 4.79 Å². The molecule has 15 heavy (non-hydrogen) atoms. The standard InChI is InChI=1S/C12H18N2O/c1-8(2)13-12(15)14-11-7-5-6-9(3)10(11)4/h5-8H,1-4H3,(H2,13,14,15). The molecule has 1 aromatic rings. The van der Waals surface area contributed by atoms with Crippen LogP contribution in [0.1, 0.15) is 25.0 Å². The first-order valence-corrected chi connectivity index (χ1v) is 5.14. The van der Waals surface area contributed by atoms with E-state index in [1.54, 1.807) is 0 Å². The third-order valence-electron chi connectivity index (χ3n) is 2.27. The number of carbonyl (C=O) groups excluding carboxylic acids is 1. The van der Waals surface area contributed by atoms with E-state index in [0.29, 0.717) is 0 Å². The molecule has 0 spiro atoms. The number of aryl methyl sites for hydroxylation is 1. The molecule has 3 heteroatoms. The molecule has 0 unspecified atom stereocenters. The second-order valence-electron chi connectivity index (χ2n) is 4.00. The van der Waals surface area contributed by atoms with Gasteiger partial charge in [-0.05, 0) is 44.9 Å². The van der Waals surface area contributed by atoms with Crippen LogP contribution in [0.5, 0.6) is 0 Å². The Hall–Kier alpha value is -1.51. The predicted octanol–water partition coefficient (Wildman–Crippen LogP) is 2.83. The molecular formula is C12H18N2O. The average Bonchev–Trinajstić information content (AvgIpc) is 2.11. The first-order chi connectivity index (χ1) is 7.00. The minimum absolute atomic E-state index is 0.148. The van der Waals surface area contributed by atoms with E-state index in [4.69, 9.17) is 0 Å². The van der Waals surface area contributed by atoms with Gasteiger partial charge in [0.2, 0.25) is 0 Å². The van der Waals surface area contributed by atoms with Crippen molar-refractivity contribution in [2.75, 3.05) is 5.32 Å². The number of carbonyl (C=O) groups is 1. The molecule has 2 amide bonds. The Morgan fingerprint density at radius 1 is 1.27 bits per heavy atom. The van der Waals surface area contributed by atoms with Gasteiger partial charge < -0.3 is 10.6 Å². The highest BCUT2D eigenvalue weighted by Crippen LogP contribution is 2.17. The van der Waals surface area contributed by atoms with Gasteiger partial charge in [0.25, 0.3) is 0 Å². The Labute approximate surface area is 90.9 Å². The second kappa shape index (κ2) is 4.82. The van der Waals surface area contributed by atoms with Crippen molar-refractivity contribution in [2.45, 2.75) is 33.7 Å². The summed E-state index contributed by atoms with van der Waals surface area (Å²) in [6.45, 7) is 7.90. The molecular weight excluding hydrogens is 188 g/mol. The molecule has 3 nitrogen and oxygen atoms in total. The van der Waals surface area contributed by atoms with E-state index in [9.17, 15) is 4.79 Å². The highest BCUT2D eigenvalue weighted by atomic mass is 16.2.